The van der Waals surface area contributed by atoms with Crippen LogP contribution in [0.25, 0.3) is 21.8 Å². The van der Waals surface area contributed by atoms with E-state index in [1.165, 1.54) is 0 Å². The maximum absolute atomic E-state index is 12.5. The Labute approximate surface area is 181 Å². The summed E-state index contributed by atoms with van der Waals surface area (Å²) in [5.74, 6) is -0.906. The zero-order chi connectivity index (χ0) is 22.2. The van der Waals surface area contributed by atoms with Gasteiger partial charge in [0.2, 0.25) is 15.9 Å². The number of sulfonamides is 1. The minimum Gasteiger partial charge on any atom is -0.354 e. The first kappa shape index (κ1) is 20.8. The van der Waals surface area contributed by atoms with Crippen molar-refractivity contribution in [2.45, 2.75) is 13.8 Å². The Balaban J connectivity index is 1.76. The zero-order valence-corrected chi connectivity index (χ0v) is 18.3. The molecule has 0 fully saturated rings. The van der Waals surface area contributed by atoms with E-state index in [1.807, 2.05) is 48.5 Å². The fraction of sp³-hybridized carbons (Fsp3) is 0.167. The van der Waals surface area contributed by atoms with Crippen LogP contribution in [0.3, 0.4) is 0 Å². The van der Waals surface area contributed by atoms with Crippen LogP contribution < -0.4 is 9.62 Å². The van der Waals surface area contributed by atoms with E-state index in [1.54, 1.807) is 38.1 Å². The fourth-order valence-electron chi connectivity index (χ4n) is 3.52. The minimum absolute atomic E-state index is 0.316. The van der Waals surface area contributed by atoms with Crippen LogP contribution in [0.5, 0.6) is 0 Å². The van der Waals surface area contributed by atoms with Crippen LogP contribution >= 0.6 is 0 Å². The summed E-state index contributed by atoms with van der Waals surface area (Å²) in [7, 11) is -3.74. The van der Waals surface area contributed by atoms with Gasteiger partial charge >= 0.3 is 0 Å². The molecular formula is C24H23N3O3S. The van der Waals surface area contributed by atoms with Crippen molar-refractivity contribution in [3.8, 4) is 0 Å². The first-order valence-electron chi connectivity index (χ1n) is 9.94. The summed E-state index contributed by atoms with van der Waals surface area (Å²) in [4.78, 5) is 17.2. The van der Waals surface area contributed by atoms with Gasteiger partial charge in [-0.05, 0) is 36.4 Å². The topological polar surface area (TPSA) is 79.4 Å². The van der Waals surface area contributed by atoms with Gasteiger partial charge in [0.05, 0.1) is 28.7 Å². The number of pyridine rings is 1. The van der Waals surface area contributed by atoms with Gasteiger partial charge in [0.15, 0.2) is 0 Å². The lowest BCUT2D eigenvalue weighted by Gasteiger charge is -2.22. The number of anilines is 3. The van der Waals surface area contributed by atoms with Gasteiger partial charge in [0.25, 0.3) is 0 Å². The van der Waals surface area contributed by atoms with Gasteiger partial charge in [-0.25, -0.2) is 17.7 Å². The molecule has 158 valence electrons. The third-order valence-corrected chi connectivity index (χ3v) is 6.04. The van der Waals surface area contributed by atoms with Crippen LogP contribution in [-0.4, -0.2) is 25.6 Å². The van der Waals surface area contributed by atoms with Crippen LogP contribution in [0.2, 0.25) is 0 Å². The Kier molecular flexibility index (Phi) is 5.37. The maximum atomic E-state index is 12.5. The number of fused-ring (bicyclic) bond motifs is 2. The fourth-order valence-corrected chi connectivity index (χ4v) is 4.56. The molecule has 0 bridgehead atoms. The molecule has 0 unspecified atom stereocenters. The largest absolute Gasteiger partial charge is 0.354 e. The van der Waals surface area contributed by atoms with E-state index in [0.29, 0.717) is 5.69 Å². The highest BCUT2D eigenvalue weighted by atomic mass is 32.2. The molecule has 31 heavy (non-hydrogen) atoms. The Hall–Kier alpha value is -3.45. The molecule has 1 heterocycles. The molecule has 1 N–H and O–H groups in total. The SMILES string of the molecule is CC(C)C(=O)N(c1ccc(Nc2c3ccccc3nc3ccccc23)cc1)S(C)(=O)=O. The Morgan fingerprint density at radius 3 is 1.87 bits per heavy atom. The van der Waals surface area contributed by atoms with Crippen molar-refractivity contribution in [3.05, 3.63) is 72.8 Å². The minimum atomic E-state index is -3.74. The molecule has 1 amide bonds. The standard InChI is InChI=1S/C24H23N3O3S/c1-16(2)24(28)27(31(3,29)30)18-14-12-17(13-15-18)25-23-19-8-4-6-10-21(19)26-22-11-7-5-9-20(22)23/h4-16H,1-3H3,(H,25,26). The maximum Gasteiger partial charge on any atom is 0.243 e. The van der Waals surface area contributed by atoms with Crippen molar-refractivity contribution in [2.75, 3.05) is 15.9 Å². The predicted octanol–water partition coefficient (Wildman–Crippen LogP) is 5.08. The summed E-state index contributed by atoms with van der Waals surface area (Å²) < 4.78 is 25.3. The molecule has 0 saturated heterocycles. The molecular weight excluding hydrogens is 410 g/mol. The number of rotatable bonds is 5. The number of carbonyl (C=O) groups excluding carboxylic acids is 1. The quantitative estimate of drug-likeness (QED) is 0.444. The number of nitrogens with one attached hydrogen (secondary N) is 1. The lowest BCUT2D eigenvalue weighted by atomic mass is 10.1. The average Bonchev–Trinajstić information content (AvgIpc) is 2.73. The molecule has 7 heteroatoms. The summed E-state index contributed by atoms with van der Waals surface area (Å²) in [6, 6.07) is 22.6. The van der Waals surface area contributed by atoms with Crippen molar-refractivity contribution in [3.63, 3.8) is 0 Å². The molecule has 0 saturated carbocycles. The monoisotopic (exact) mass is 433 g/mol. The summed E-state index contributed by atoms with van der Waals surface area (Å²) >= 11 is 0. The molecule has 4 aromatic rings. The van der Waals surface area contributed by atoms with E-state index in [4.69, 9.17) is 4.98 Å². The number of hydrogen-bond acceptors (Lipinski definition) is 5. The van der Waals surface area contributed by atoms with Crippen molar-refractivity contribution in [1.29, 1.82) is 0 Å². The van der Waals surface area contributed by atoms with Gasteiger partial charge in [0, 0.05) is 22.4 Å². The second-order valence-corrected chi connectivity index (χ2v) is 9.54. The third-order valence-electron chi connectivity index (χ3n) is 4.98. The van der Waals surface area contributed by atoms with Crippen LogP contribution in [-0.2, 0) is 14.8 Å². The molecule has 0 aliphatic rings. The van der Waals surface area contributed by atoms with E-state index >= 15 is 0 Å². The Morgan fingerprint density at radius 1 is 0.871 bits per heavy atom. The summed E-state index contributed by atoms with van der Waals surface area (Å²) in [6.45, 7) is 3.35. The molecule has 3 aromatic carbocycles. The number of carbonyl (C=O) groups is 1. The molecule has 0 radical (unpaired) electrons. The van der Waals surface area contributed by atoms with Gasteiger partial charge in [-0.15, -0.1) is 0 Å². The molecule has 0 spiro atoms. The van der Waals surface area contributed by atoms with E-state index in [-0.39, 0.29) is 0 Å². The van der Waals surface area contributed by atoms with E-state index < -0.39 is 21.8 Å². The Bertz CT molecular complexity index is 1330. The normalized spacial score (nSPS) is 11.7. The molecule has 0 aliphatic heterocycles. The highest BCUT2D eigenvalue weighted by Crippen LogP contribution is 2.33. The van der Waals surface area contributed by atoms with Crippen LogP contribution in [0, 0.1) is 5.92 Å². The molecule has 6 nitrogen and oxygen atoms in total. The molecule has 0 atom stereocenters. The number of benzene rings is 3. The smallest absolute Gasteiger partial charge is 0.243 e. The van der Waals surface area contributed by atoms with Gasteiger partial charge < -0.3 is 5.32 Å². The van der Waals surface area contributed by atoms with Gasteiger partial charge in [-0.3, -0.25) is 4.79 Å². The highest BCUT2D eigenvalue weighted by Gasteiger charge is 2.27. The number of nitrogens with zero attached hydrogens (tertiary/aromatic N) is 2. The highest BCUT2D eigenvalue weighted by molar-refractivity contribution is 7.92. The number of hydrogen-bond donors (Lipinski definition) is 1. The zero-order valence-electron chi connectivity index (χ0n) is 17.5. The molecule has 1 aromatic heterocycles. The van der Waals surface area contributed by atoms with Crippen LogP contribution in [0.1, 0.15) is 13.8 Å². The van der Waals surface area contributed by atoms with Crippen LogP contribution in [0.15, 0.2) is 72.8 Å². The lowest BCUT2D eigenvalue weighted by Crippen LogP contribution is -2.38. The van der Waals surface area contributed by atoms with Crippen molar-refractivity contribution < 1.29 is 13.2 Å². The summed E-state index contributed by atoms with van der Waals surface area (Å²) in [5.41, 5.74) is 3.77. The van der Waals surface area contributed by atoms with Gasteiger partial charge in [0.1, 0.15) is 0 Å². The Morgan fingerprint density at radius 2 is 1.39 bits per heavy atom. The second-order valence-electron chi connectivity index (χ2n) is 7.71. The van der Waals surface area contributed by atoms with E-state index in [2.05, 4.69) is 5.32 Å². The predicted molar refractivity (Wildman–Crippen MR) is 126 cm³/mol. The third kappa shape index (κ3) is 4.09. The van der Waals surface area contributed by atoms with Crippen LogP contribution in [0.4, 0.5) is 17.1 Å². The van der Waals surface area contributed by atoms with Gasteiger partial charge in [-0.1, -0.05) is 50.2 Å². The first-order chi connectivity index (χ1) is 14.8. The number of aromatic nitrogens is 1. The van der Waals surface area contributed by atoms with Gasteiger partial charge in [-0.2, -0.15) is 0 Å². The molecule has 0 aliphatic carbocycles. The average molecular weight is 434 g/mol. The van der Waals surface area contributed by atoms with E-state index in [9.17, 15) is 13.2 Å². The van der Waals surface area contributed by atoms with Crippen molar-refractivity contribution in [2.24, 2.45) is 5.92 Å². The lowest BCUT2D eigenvalue weighted by molar-refractivity contribution is -0.120. The van der Waals surface area contributed by atoms with Crippen molar-refractivity contribution >= 4 is 54.8 Å². The summed E-state index contributed by atoms with van der Waals surface area (Å²) in [5, 5.41) is 5.42. The van der Waals surface area contributed by atoms with E-state index in [0.717, 1.165) is 43.7 Å². The van der Waals surface area contributed by atoms with Crippen molar-refractivity contribution in [1.82, 2.24) is 4.98 Å². The first-order valence-corrected chi connectivity index (χ1v) is 11.8. The summed E-state index contributed by atoms with van der Waals surface area (Å²) in [6.07, 6.45) is 1.04. The molecule has 4 rings (SSSR count). The second kappa shape index (κ2) is 8.00. The number of para-hydroxylation sites is 2. The number of amides is 1.